The minimum atomic E-state index is -0.230. The summed E-state index contributed by atoms with van der Waals surface area (Å²) in [4.78, 5) is 4.45. The van der Waals surface area contributed by atoms with Crippen molar-refractivity contribution in [2.45, 2.75) is 20.4 Å². The lowest BCUT2D eigenvalue weighted by Gasteiger charge is -2.03. The summed E-state index contributed by atoms with van der Waals surface area (Å²) >= 11 is 1.46. The number of aryl methyl sites for hydroxylation is 2. The Morgan fingerprint density at radius 2 is 2.15 bits per heavy atom. The standard InChI is InChI=1S/C14H15FN4S/c1-8-11(9(2)19(3)18-8)7-16-14-17-12-5-4-10(15)6-13(12)20-14/h4-6H,7H2,1-3H3,(H,16,17). The van der Waals surface area contributed by atoms with E-state index in [1.807, 2.05) is 25.6 Å². The fourth-order valence-corrected chi connectivity index (χ4v) is 3.10. The third-order valence-corrected chi connectivity index (χ3v) is 4.40. The molecule has 0 amide bonds. The minimum Gasteiger partial charge on any atom is -0.357 e. The quantitative estimate of drug-likeness (QED) is 0.804. The smallest absolute Gasteiger partial charge is 0.184 e. The molecule has 3 aromatic rings. The molecular weight excluding hydrogens is 275 g/mol. The molecule has 1 N–H and O–H groups in total. The van der Waals surface area contributed by atoms with Crippen molar-refractivity contribution in [1.82, 2.24) is 14.8 Å². The predicted octanol–water partition coefficient (Wildman–Crippen LogP) is 3.40. The second-order valence-electron chi connectivity index (χ2n) is 4.76. The maximum Gasteiger partial charge on any atom is 0.184 e. The number of aromatic nitrogens is 3. The van der Waals surface area contributed by atoms with Gasteiger partial charge in [0.1, 0.15) is 5.82 Å². The summed E-state index contributed by atoms with van der Waals surface area (Å²) in [7, 11) is 1.94. The predicted molar refractivity (Wildman–Crippen MR) is 79.6 cm³/mol. The molecule has 0 aliphatic carbocycles. The van der Waals surface area contributed by atoms with Crippen LogP contribution in [0.15, 0.2) is 18.2 Å². The summed E-state index contributed by atoms with van der Waals surface area (Å²) in [6.07, 6.45) is 0. The van der Waals surface area contributed by atoms with E-state index in [-0.39, 0.29) is 5.82 Å². The Hall–Kier alpha value is -1.95. The molecule has 0 saturated carbocycles. The summed E-state index contributed by atoms with van der Waals surface area (Å²) in [5.41, 5.74) is 4.16. The zero-order valence-electron chi connectivity index (χ0n) is 11.6. The number of nitrogens with one attached hydrogen (secondary N) is 1. The van der Waals surface area contributed by atoms with E-state index in [1.165, 1.54) is 29.0 Å². The van der Waals surface area contributed by atoms with Gasteiger partial charge in [0.05, 0.1) is 15.9 Å². The van der Waals surface area contributed by atoms with Crippen LogP contribution in [0, 0.1) is 19.7 Å². The van der Waals surface area contributed by atoms with Gasteiger partial charge in [-0.15, -0.1) is 0 Å². The van der Waals surface area contributed by atoms with Gasteiger partial charge < -0.3 is 5.32 Å². The molecule has 0 fully saturated rings. The molecular formula is C14H15FN4S. The van der Waals surface area contributed by atoms with E-state index in [4.69, 9.17) is 0 Å². The Bertz CT molecular complexity index is 775. The Labute approximate surface area is 120 Å². The third kappa shape index (κ3) is 2.27. The average Bonchev–Trinajstić information content (AvgIpc) is 2.89. The molecule has 0 saturated heterocycles. The van der Waals surface area contributed by atoms with Crippen LogP contribution >= 0.6 is 11.3 Å². The van der Waals surface area contributed by atoms with Gasteiger partial charge >= 0.3 is 0 Å². The van der Waals surface area contributed by atoms with E-state index < -0.39 is 0 Å². The van der Waals surface area contributed by atoms with Crippen LogP contribution < -0.4 is 5.32 Å². The van der Waals surface area contributed by atoms with Crippen molar-refractivity contribution in [1.29, 1.82) is 0 Å². The Morgan fingerprint density at radius 3 is 2.85 bits per heavy atom. The second kappa shape index (κ2) is 4.86. The first-order chi connectivity index (χ1) is 9.54. The third-order valence-electron chi connectivity index (χ3n) is 3.43. The highest BCUT2D eigenvalue weighted by Gasteiger charge is 2.10. The van der Waals surface area contributed by atoms with Gasteiger partial charge in [-0.3, -0.25) is 4.68 Å². The number of anilines is 1. The molecule has 104 valence electrons. The van der Waals surface area contributed by atoms with Gasteiger partial charge in [0, 0.05) is 24.8 Å². The van der Waals surface area contributed by atoms with Crippen molar-refractivity contribution in [3.63, 3.8) is 0 Å². The number of rotatable bonds is 3. The van der Waals surface area contributed by atoms with Gasteiger partial charge in [-0.1, -0.05) is 11.3 Å². The van der Waals surface area contributed by atoms with Gasteiger partial charge in [-0.05, 0) is 32.0 Å². The van der Waals surface area contributed by atoms with Crippen LogP contribution in [0.3, 0.4) is 0 Å². The summed E-state index contributed by atoms with van der Waals surface area (Å²) in [6, 6.07) is 4.65. The van der Waals surface area contributed by atoms with E-state index in [1.54, 1.807) is 6.07 Å². The second-order valence-corrected chi connectivity index (χ2v) is 5.79. The van der Waals surface area contributed by atoms with E-state index in [9.17, 15) is 4.39 Å². The number of nitrogens with zero attached hydrogens (tertiary/aromatic N) is 3. The first kappa shape index (κ1) is 13.1. The molecule has 0 spiro atoms. The van der Waals surface area contributed by atoms with Crippen LogP contribution in [0.5, 0.6) is 0 Å². The molecule has 4 nitrogen and oxygen atoms in total. The largest absolute Gasteiger partial charge is 0.357 e. The topological polar surface area (TPSA) is 42.7 Å². The monoisotopic (exact) mass is 290 g/mol. The van der Waals surface area contributed by atoms with Crippen LogP contribution in [-0.4, -0.2) is 14.8 Å². The van der Waals surface area contributed by atoms with Gasteiger partial charge in [0.2, 0.25) is 0 Å². The molecule has 0 atom stereocenters. The molecule has 3 rings (SSSR count). The van der Waals surface area contributed by atoms with Gasteiger partial charge in [0.15, 0.2) is 5.13 Å². The first-order valence-electron chi connectivity index (χ1n) is 6.33. The van der Waals surface area contributed by atoms with Crippen LogP contribution in [0.2, 0.25) is 0 Å². The number of benzene rings is 1. The van der Waals surface area contributed by atoms with Gasteiger partial charge in [0.25, 0.3) is 0 Å². The summed E-state index contributed by atoms with van der Waals surface area (Å²) in [5.74, 6) is -0.230. The molecule has 20 heavy (non-hydrogen) atoms. The molecule has 0 bridgehead atoms. The van der Waals surface area contributed by atoms with E-state index in [2.05, 4.69) is 15.4 Å². The molecule has 2 aromatic heterocycles. The molecule has 0 aliphatic rings. The highest BCUT2D eigenvalue weighted by atomic mass is 32.1. The summed E-state index contributed by atoms with van der Waals surface area (Å²) in [5, 5.41) is 8.48. The Morgan fingerprint density at radius 1 is 1.35 bits per heavy atom. The summed E-state index contributed by atoms with van der Waals surface area (Å²) < 4.78 is 15.9. The number of fused-ring (bicyclic) bond motifs is 1. The zero-order chi connectivity index (χ0) is 14.3. The molecule has 0 aliphatic heterocycles. The van der Waals surface area contributed by atoms with Crippen LogP contribution in [-0.2, 0) is 13.6 Å². The minimum absolute atomic E-state index is 0.230. The molecule has 2 heterocycles. The van der Waals surface area contributed by atoms with E-state index >= 15 is 0 Å². The van der Waals surface area contributed by atoms with Gasteiger partial charge in [-0.25, -0.2) is 9.37 Å². The Balaban J connectivity index is 1.83. The lowest BCUT2D eigenvalue weighted by molar-refractivity contribution is 0.630. The lowest BCUT2D eigenvalue weighted by atomic mass is 10.2. The summed E-state index contributed by atoms with van der Waals surface area (Å²) in [6.45, 7) is 4.72. The van der Waals surface area contributed by atoms with Crippen molar-refractivity contribution in [3.05, 3.63) is 41.0 Å². The highest BCUT2D eigenvalue weighted by molar-refractivity contribution is 7.22. The van der Waals surface area contributed by atoms with Crippen LogP contribution in [0.25, 0.3) is 10.2 Å². The lowest BCUT2D eigenvalue weighted by Crippen LogP contribution is -2.01. The van der Waals surface area contributed by atoms with E-state index in [0.29, 0.717) is 6.54 Å². The SMILES string of the molecule is Cc1nn(C)c(C)c1CNc1nc2ccc(F)cc2s1. The number of thiazole rings is 1. The average molecular weight is 290 g/mol. The fourth-order valence-electron chi connectivity index (χ4n) is 2.21. The van der Waals surface area contributed by atoms with Crippen LogP contribution in [0.1, 0.15) is 17.0 Å². The number of halogens is 1. The maximum absolute atomic E-state index is 13.2. The Kier molecular flexibility index (Phi) is 3.17. The molecule has 0 radical (unpaired) electrons. The van der Waals surface area contributed by atoms with Crippen molar-refractivity contribution in [3.8, 4) is 0 Å². The zero-order valence-corrected chi connectivity index (χ0v) is 12.4. The number of hydrogen-bond acceptors (Lipinski definition) is 4. The first-order valence-corrected chi connectivity index (χ1v) is 7.15. The van der Waals surface area contributed by atoms with Crippen LogP contribution in [0.4, 0.5) is 9.52 Å². The van der Waals surface area contributed by atoms with Crippen molar-refractivity contribution >= 4 is 26.7 Å². The molecule has 6 heteroatoms. The normalized spacial score (nSPS) is 11.2. The maximum atomic E-state index is 13.2. The van der Waals surface area contributed by atoms with Crippen molar-refractivity contribution in [2.24, 2.45) is 7.05 Å². The van der Waals surface area contributed by atoms with Crippen molar-refractivity contribution in [2.75, 3.05) is 5.32 Å². The highest BCUT2D eigenvalue weighted by Crippen LogP contribution is 2.27. The van der Waals surface area contributed by atoms with Gasteiger partial charge in [-0.2, -0.15) is 5.10 Å². The molecule has 0 unspecified atom stereocenters. The fraction of sp³-hybridized carbons (Fsp3) is 0.286. The molecule has 1 aromatic carbocycles. The number of hydrogen-bond donors (Lipinski definition) is 1. The van der Waals surface area contributed by atoms with Crippen molar-refractivity contribution < 1.29 is 4.39 Å². The van der Waals surface area contributed by atoms with E-state index in [0.717, 1.165) is 26.7 Å².